The SMILES string of the molecule is C=C(O[Si](C)(C)C)[C@H]1C[C@@H]2[C@H](C=C1C)C2(C)C. The zero-order chi connectivity index (χ0) is 13.0. The van der Waals surface area contributed by atoms with Gasteiger partial charge in [0.05, 0.1) is 5.76 Å². The number of allylic oxidation sites excluding steroid dienone is 2. The van der Waals surface area contributed by atoms with Crippen molar-refractivity contribution in [2.45, 2.75) is 46.8 Å². The van der Waals surface area contributed by atoms with Crippen molar-refractivity contribution in [2.75, 3.05) is 0 Å². The summed E-state index contributed by atoms with van der Waals surface area (Å²) < 4.78 is 6.09. The molecule has 0 saturated heterocycles. The second-order valence-corrected chi connectivity index (χ2v) is 11.8. The molecule has 2 aliphatic carbocycles. The maximum absolute atomic E-state index is 6.09. The third-order valence-electron chi connectivity index (χ3n) is 4.45. The van der Waals surface area contributed by atoms with Gasteiger partial charge in [-0.1, -0.05) is 32.1 Å². The van der Waals surface area contributed by atoms with Gasteiger partial charge >= 0.3 is 0 Å². The second-order valence-electron chi connectivity index (χ2n) is 7.33. The van der Waals surface area contributed by atoms with E-state index < -0.39 is 8.32 Å². The molecule has 0 spiro atoms. The van der Waals surface area contributed by atoms with E-state index in [9.17, 15) is 0 Å². The summed E-state index contributed by atoms with van der Waals surface area (Å²) in [5.41, 5.74) is 1.98. The van der Waals surface area contributed by atoms with Crippen molar-refractivity contribution in [2.24, 2.45) is 23.2 Å². The minimum Gasteiger partial charge on any atom is -0.547 e. The molecule has 0 aromatic carbocycles. The molecule has 0 radical (unpaired) electrons. The predicted molar refractivity (Wildman–Crippen MR) is 76.2 cm³/mol. The first-order chi connectivity index (χ1) is 7.63. The molecule has 1 fully saturated rings. The molecule has 2 heteroatoms. The molecular weight excluding hydrogens is 224 g/mol. The van der Waals surface area contributed by atoms with Crippen LogP contribution in [0.1, 0.15) is 27.2 Å². The fourth-order valence-corrected chi connectivity index (χ4v) is 4.19. The van der Waals surface area contributed by atoms with Gasteiger partial charge in [-0.3, -0.25) is 0 Å². The summed E-state index contributed by atoms with van der Waals surface area (Å²) in [6, 6.07) is 0. The molecule has 17 heavy (non-hydrogen) atoms. The zero-order valence-corrected chi connectivity index (χ0v) is 13.1. The Bertz CT molecular complexity index is 373. The first-order valence-electron chi connectivity index (χ1n) is 6.69. The van der Waals surface area contributed by atoms with Gasteiger partial charge in [-0.05, 0) is 50.2 Å². The molecule has 0 heterocycles. The van der Waals surface area contributed by atoms with E-state index in [1.807, 2.05) is 0 Å². The second kappa shape index (κ2) is 3.74. The summed E-state index contributed by atoms with van der Waals surface area (Å²) in [6.07, 6.45) is 3.71. The van der Waals surface area contributed by atoms with Crippen molar-refractivity contribution >= 4 is 8.32 Å². The van der Waals surface area contributed by atoms with E-state index in [2.05, 4.69) is 53.1 Å². The van der Waals surface area contributed by atoms with Crippen LogP contribution >= 0.6 is 0 Å². The quantitative estimate of drug-likeness (QED) is 0.404. The average Bonchev–Trinajstić information content (AvgIpc) is 2.64. The molecule has 1 saturated carbocycles. The highest BCUT2D eigenvalue weighted by molar-refractivity contribution is 6.70. The van der Waals surface area contributed by atoms with Crippen LogP contribution in [0.15, 0.2) is 24.0 Å². The molecular formula is C15H26OSi. The van der Waals surface area contributed by atoms with Crippen molar-refractivity contribution in [3.63, 3.8) is 0 Å². The van der Waals surface area contributed by atoms with Gasteiger partial charge in [0.1, 0.15) is 0 Å². The van der Waals surface area contributed by atoms with Crippen LogP contribution in [0.2, 0.25) is 19.6 Å². The Labute approximate surface area is 107 Å². The highest BCUT2D eigenvalue weighted by Gasteiger charge is 2.58. The lowest BCUT2D eigenvalue weighted by Gasteiger charge is -2.29. The third-order valence-corrected chi connectivity index (χ3v) is 5.32. The summed E-state index contributed by atoms with van der Waals surface area (Å²) >= 11 is 0. The number of rotatable bonds is 3. The van der Waals surface area contributed by atoms with Crippen LogP contribution < -0.4 is 0 Å². The Morgan fingerprint density at radius 2 is 2.00 bits per heavy atom. The van der Waals surface area contributed by atoms with E-state index in [0.29, 0.717) is 11.3 Å². The van der Waals surface area contributed by atoms with Gasteiger partial charge in [-0.25, -0.2) is 0 Å². The smallest absolute Gasteiger partial charge is 0.241 e. The summed E-state index contributed by atoms with van der Waals surface area (Å²) in [7, 11) is -1.50. The molecule has 0 amide bonds. The van der Waals surface area contributed by atoms with E-state index in [1.165, 1.54) is 12.0 Å². The van der Waals surface area contributed by atoms with Crippen LogP contribution in [0, 0.1) is 23.2 Å². The van der Waals surface area contributed by atoms with Gasteiger partial charge < -0.3 is 4.43 Å². The third kappa shape index (κ3) is 2.37. The molecule has 0 aromatic rings. The lowest BCUT2D eigenvalue weighted by molar-refractivity contribution is 0.335. The Balaban J connectivity index is 2.07. The highest BCUT2D eigenvalue weighted by Crippen LogP contribution is 2.65. The van der Waals surface area contributed by atoms with Crippen LogP contribution in [0.25, 0.3) is 0 Å². The van der Waals surface area contributed by atoms with Crippen LogP contribution in [0.5, 0.6) is 0 Å². The normalized spacial score (nSPS) is 34.7. The van der Waals surface area contributed by atoms with Gasteiger partial charge in [-0.2, -0.15) is 0 Å². The van der Waals surface area contributed by atoms with Gasteiger partial charge in [0.15, 0.2) is 0 Å². The van der Waals surface area contributed by atoms with Gasteiger partial charge in [-0.15, -0.1) is 0 Å². The van der Waals surface area contributed by atoms with E-state index in [-0.39, 0.29) is 0 Å². The van der Waals surface area contributed by atoms with Crippen molar-refractivity contribution in [3.8, 4) is 0 Å². The first kappa shape index (κ1) is 12.9. The molecule has 1 nitrogen and oxygen atoms in total. The lowest BCUT2D eigenvalue weighted by Crippen LogP contribution is -2.27. The lowest BCUT2D eigenvalue weighted by atomic mass is 9.87. The zero-order valence-electron chi connectivity index (χ0n) is 12.1. The van der Waals surface area contributed by atoms with Crippen LogP contribution in [-0.4, -0.2) is 8.32 Å². The van der Waals surface area contributed by atoms with E-state index >= 15 is 0 Å². The largest absolute Gasteiger partial charge is 0.547 e. The minimum atomic E-state index is -1.50. The molecule has 96 valence electrons. The first-order valence-corrected chi connectivity index (χ1v) is 10.1. The Hall–Kier alpha value is -0.503. The Morgan fingerprint density at radius 1 is 1.41 bits per heavy atom. The van der Waals surface area contributed by atoms with Gasteiger partial charge in [0.2, 0.25) is 8.32 Å². The van der Waals surface area contributed by atoms with Crippen molar-refractivity contribution < 1.29 is 4.43 Å². The fourth-order valence-electron chi connectivity index (χ4n) is 3.26. The summed E-state index contributed by atoms with van der Waals surface area (Å²) in [5, 5.41) is 0. The molecule has 0 bridgehead atoms. The predicted octanol–water partition coefficient (Wildman–Crippen LogP) is 4.59. The van der Waals surface area contributed by atoms with E-state index in [4.69, 9.17) is 4.43 Å². The summed E-state index contributed by atoms with van der Waals surface area (Å²) in [6.45, 7) is 17.9. The topological polar surface area (TPSA) is 9.23 Å². The molecule has 2 rings (SSSR count). The minimum absolute atomic E-state index is 0.463. The number of hydrogen-bond donors (Lipinski definition) is 0. The molecule has 0 aliphatic heterocycles. The summed E-state index contributed by atoms with van der Waals surface area (Å²) in [4.78, 5) is 0. The monoisotopic (exact) mass is 250 g/mol. The Morgan fingerprint density at radius 3 is 2.53 bits per heavy atom. The fraction of sp³-hybridized carbons (Fsp3) is 0.733. The summed E-state index contributed by atoms with van der Waals surface area (Å²) in [5.74, 6) is 3.13. The standard InChI is InChI=1S/C15H26OSi/c1-10-8-13-14(15(13,3)4)9-12(10)11(2)16-17(5,6)7/h8,12-14H,2,9H2,1,3-7H3/t12-,13-,14+/m0/s1. The van der Waals surface area contributed by atoms with Crippen LogP contribution in [-0.2, 0) is 4.43 Å². The van der Waals surface area contributed by atoms with Crippen molar-refractivity contribution in [3.05, 3.63) is 24.0 Å². The van der Waals surface area contributed by atoms with Gasteiger partial charge in [0, 0.05) is 5.92 Å². The molecule has 0 aromatic heterocycles. The molecule has 0 unspecified atom stereocenters. The highest BCUT2D eigenvalue weighted by atomic mass is 28.4. The van der Waals surface area contributed by atoms with Gasteiger partial charge in [0.25, 0.3) is 0 Å². The van der Waals surface area contributed by atoms with Crippen molar-refractivity contribution in [1.82, 2.24) is 0 Å². The average molecular weight is 250 g/mol. The molecule has 2 aliphatic rings. The van der Waals surface area contributed by atoms with E-state index in [1.54, 1.807) is 0 Å². The number of fused-ring (bicyclic) bond motifs is 1. The Kier molecular flexibility index (Phi) is 2.85. The molecule has 0 N–H and O–H groups in total. The van der Waals surface area contributed by atoms with E-state index in [0.717, 1.165) is 17.6 Å². The van der Waals surface area contributed by atoms with Crippen LogP contribution in [0.4, 0.5) is 0 Å². The van der Waals surface area contributed by atoms with Crippen LogP contribution in [0.3, 0.4) is 0 Å². The van der Waals surface area contributed by atoms with Crippen molar-refractivity contribution in [1.29, 1.82) is 0 Å². The maximum Gasteiger partial charge on any atom is 0.241 e. The maximum atomic E-state index is 6.09. The molecule has 3 atom stereocenters. The number of hydrogen-bond acceptors (Lipinski definition) is 1.